The number of rotatable bonds is 3. The Morgan fingerprint density at radius 1 is 1.20 bits per heavy atom. The van der Waals surface area contributed by atoms with Crippen molar-refractivity contribution in [3.8, 4) is 0 Å². The molecule has 4 rings (SSSR count). The normalized spacial score (nSPS) is 22.7. The summed E-state index contributed by atoms with van der Waals surface area (Å²) in [5.74, 6) is -0.103. The highest BCUT2D eigenvalue weighted by atomic mass is 16.5. The first-order chi connectivity index (χ1) is 11.9. The third-order valence-corrected chi connectivity index (χ3v) is 5.17. The zero-order chi connectivity index (χ0) is 17.6. The number of amides is 1. The van der Waals surface area contributed by atoms with Gasteiger partial charge in [0.1, 0.15) is 0 Å². The number of hydrogen-bond donors (Lipinski definition) is 1. The summed E-state index contributed by atoms with van der Waals surface area (Å²) in [6, 6.07) is 7.73. The summed E-state index contributed by atoms with van der Waals surface area (Å²) in [4.78, 5) is 25.7. The fourth-order valence-corrected chi connectivity index (χ4v) is 3.73. The summed E-state index contributed by atoms with van der Waals surface area (Å²) in [6.45, 7) is 4.75. The van der Waals surface area contributed by atoms with E-state index < -0.39 is 0 Å². The number of carbonyl (C=O) groups excluding carboxylic acids is 1. The summed E-state index contributed by atoms with van der Waals surface area (Å²) in [7, 11) is 0. The number of pyridine rings is 1. The van der Waals surface area contributed by atoms with Crippen molar-refractivity contribution < 1.29 is 9.53 Å². The first kappa shape index (κ1) is 16.3. The maximum Gasteiger partial charge on any atom is 0.258 e. The highest BCUT2D eigenvalue weighted by Gasteiger charge is 2.31. The molecule has 0 radical (unpaired) electrons. The van der Waals surface area contributed by atoms with Crippen LogP contribution in [0, 0.1) is 0 Å². The van der Waals surface area contributed by atoms with Gasteiger partial charge >= 0.3 is 0 Å². The highest BCUT2D eigenvalue weighted by molar-refractivity contribution is 6.06. The van der Waals surface area contributed by atoms with E-state index in [1.165, 1.54) is 0 Å². The number of nitrogens with zero attached hydrogens (tertiary/aromatic N) is 1. The van der Waals surface area contributed by atoms with Crippen LogP contribution in [0.15, 0.2) is 35.3 Å². The number of aromatic nitrogens is 1. The number of hydrogen-bond acceptors (Lipinski definition) is 3. The largest absolute Gasteiger partial charge is 0.375 e. The van der Waals surface area contributed by atoms with Crippen molar-refractivity contribution in [1.29, 1.82) is 0 Å². The summed E-state index contributed by atoms with van der Waals surface area (Å²) < 4.78 is 7.47. The summed E-state index contributed by atoms with van der Waals surface area (Å²) in [5, 5.41) is 4.50. The topological polar surface area (TPSA) is 60.3 Å². The second-order valence-corrected chi connectivity index (χ2v) is 7.80. The summed E-state index contributed by atoms with van der Waals surface area (Å²) in [6.07, 6.45) is 5.37. The maximum atomic E-state index is 13.0. The predicted molar refractivity (Wildman–Crippen MR) is 97.0 cm³/mol. The Kier molecular flexibility index (Phi) is 3.91. The molecular formula is C20H24N2O3. The molecule has 1 aliphatic carbocycles. The molecule has 0 bridgehead atoms. The third kappa shape index (κ3) is 3.21. The van der Waals surface area contributed by atoms with E-state index in [0.29, 0.717) is 17.6 Å². The lowest BCUT2D eigenvalue weighted by molar-refractivity contribution is -0.0615. The number of ether oxygens (including phenoxy) is 1. The third-order valence-electron chi connectivity index (χ3n) is 5.17. The Balaban J connectivity index is 1.69. The highest BCUT2D eigenvalue weighted by Crippen LogP contribution is 2.34. The molecule has 1 saturated carbocycles. The zero-order valence-corrected chi connectivity index (χ0v) is 14.7. The van der Waals surface area contributed by atoms with Crippen LogP contribution in [0.3, 0.4) is 0 Å². The number of fused-ring (bicyclic) bond motifs is 1. The van der Waals surface area contributed by atoms with Gasteiger partial charge in [-0.1, -0.05) is 18.2 Å². The van der Waals surface area contributed by atoms with Gasteiger partial charge in [-0.05, 0) is 45.6 Å². The maximum absolute atomic E-state index is 13.0. The van der Waals surface area contributed by atoms with Gasteiger partial charge in [0, 0.05) is 35.7 Å². The van der Waals surface area contributed by atoms with E-state index in [1.807, 2.05) is 38.1 Å². The van der Waals surface area contributed by atoms with Gasteiger partial charge in [0.05, 0.1) is 11.2 Å². The Hall–Kier alpha value is -2.14. The van der Waals surface area contributed by atoms with Crippen LogP contribution in [0.25, 0.3) is 10.8 Å². The molecule has 2 aliphatic rings. The molecule has 132 valence electrons. The van der Waals surface area contributed by atoms with Crippen molar-refractivity contribution in [1.82, 2.24) is 9.88 Å². The molecule has 1 aromatic heterocycles. The Labute approximate surface area is 147 Å². The van der Waals surface area contributed by atoms with E-state index in [0.717, 1.165) is 31.1 Å². The minimum absolute atomic E-state index is 0.00171. The van der Waals surface area contributed by atoms with Gasteiger partial charge < -0.3 is 14.6 Å². The van der Waals surface area contributed by atoms with Gasteiger partial charge in [-0.3, -0.25) is 9.59 Å². The van der Waals surface area contributed by atoms with E-state index in [-0.39, 0.29) is 29.2 Å². The molecule has 1 amide bonds. The number of nitrogens with one attached hydrogen (secondary N) is 1. The van der Waals surface area contributed by atoms with Gasteiger partial charge in [0.25, 0.3) is 11.5 Å². The number of benzene rings is 1. The molecule has 2 fully saturated rings. The summed E-state index contributed by atoms with van der Waals surface area (Å²) in [5.41, 5.74) is 0.374. The van der Waals surface area contributed by atoms with Crippen LogP contribution < -0.4 is 10.9 Å². The van der Waals surface area contributed by atoms with Gasteiger partial charge in [0.2, 0.25) is 0 Å². The van der Waals surface area contributed by atoms with Gasteiger partial charge in [0.15, 0.2) is 0 Å². The minimum Gasteiger partial charge on any atom is -0.375 e. The Morgan fingerprint density at radius 2 is 1.92 bits per heavy atom. The monoisotopic (exact) mass is 340 g/mol. The first-order valence-corrected chi connectivity index (χ1v) is 9.03. The van der Waals surface area contributed by atoms with Crippen LogP contribution in [-0.4, -0.2) is 28.7 Å². The van der Waals surface area contributed by atoms with Crippen molar-refractivity contribution in [2.45, 2.75) is 57.2 Å². The molecule has 0 spiro atoms. The summed E-state index contributed by atoms with van der Waals surface area (Å²) >= 11 is 0. The molecule has 1 aromatic carbocycles. The Bertz CT molecular complexity index is 880. The minimum atomic E-state index is -0.217. The van der Waals surface area contributed by atoms with E-state index in [4.69, 9.17) is 4.74 Å². The smallest absolute Gasteiger partial charge is 0.258 e. The molecule has 2 aromatic rings. The molecule has 1 saturated heterocycles. The molecule has 5 heteroatoms. The molecule has 1 atom stereocenters. The van der Waals surface area contributed by atoms with Gasteiger partial charge in [-0.25, -0.2) is 0 Å². The molecule has 0 unspecified atom stereocenters. The van der Waals surface area contributed by atoms with E-state index in [1.54, 1.807) is 10.8 Å². The van der Waals surface area contributed by atoms with Crippen molar-refractivity contribution in [2.24, 2.45) is 0 Å². The van der Waals surface area contributed by atoms with Crippen LogP contribution >= 0.6 is 0 Å². The van der Waals surface area contributed by atoms with E-state index in [2.05, 4.69) is 5.32 Å². The SMILES string of the molecule is CC1(C)C[C@H](NC(=O)c2cn(C3CC3)c(=O)c3ccccc23)CCO1. The fraction of sp³-hybridized carbons (Fsp3) is 0.500. The van der Waals surface area contributed by atoms with Gasteiger partial charge in [-0.2, -0.15) is 0 Å². The van der Waals surface area contributed by atoms with Crippen LogP contribution in [0.5, 0.6) is 0 Å². The van der Waals surface area contributed by atoms with Crippen molar-refractivity contribution in [2.75, 3.05) is 6.61 Å². The van der Waals surface area contributed by atoms with E-state index in [9.17, 15) is 9.59 Å². The van der Waals surface area contributed by atoms with Crippen molar-refractivity contribution >= 4 is 16.7 Å². The second-order valence-electron chi connectivity index (χ2n) is 7.80. The lowest BCUT2D eigenvalue weighted by Gasteiger charge is -2.35. The van der Waals surface area contributed by atoms with Gasteiger partial charge in [-0.15, -0.1) is 0 Å². The predicted octanol–water partition coefficient (Wildman–Crippen LogP) is 3.02. The lowest BCUT2D eigenvalue weighted by Crippen LogP contribution is -2.46. The van der Waals surface area contributed by atoms with Crippen LogP contribution in [0.2, 0.25) is 0 Å². The molecule has 1 N–H and O–H groups in total. The van der Waals surface area contributed by atoms with Crippen molar-refractivity contribution in [3.63, 3.8) is 0 Å². The zero-order valence-electron chi connectivity index (χ0n) is 14.7. The lowest BCUT2D eigenvalue weighted by atomic mass is 9.93. The molecular weight excluding hydrogens is 316 g/mol. The second kappa shape index (κ2) is 5.99. The average molecular weight is 340 g/mol. The fourth-order valence-electron chi connectivity index (χ4n) is 3.73. The number of carbonyl (C=O) groups is 1. The average Bonchev–Trinajstić information content (AvgIpc) is 3.39. The molecule has 2 heterocycles. The van der Waals surface area contributed by atoms with Crippen LogP contribution in [0.1, 0.15) is 55.9 Å². The standard InChI is InChI=1S/C20H24N2O3/c1-20(2)11-13(9-10-25-20)21-18(23)17-12-22(14-7-8-14)19(24)16-6-4-3-5-15(16)17/h3-6,12-14H,7-11H2,1-2H3,(H,21,23)/t13-/m1/s1. The van der Waals surface area contributed by atoms with E-state index >= 15 is 0 Å². The molecule has 25 heavy (non-hydrogen) atoms. The molecule has 1 aliphatic heterocycles. The quantitative estimate of drug-likeness (QED) is 0.934. The first-order valence-electron chi connectivity index (χ1n) is 9.03. The Morgan fingerprint density at radius 3 is 2.60 bits per heavy atom. The van der Waals surface area contributed by atoms with Crippen LogP contribution in [0.4, 0.5) is 0 Å². The molecule has 5 nitrogen and oxygen atoms in total. The van der Waals surface area contributed by atoms with Crippen molar-refractivity contribution in [3.05, 3.63) is 46.4 Å². The van der Waals surface area contributed by atoms with Crippen LogP contribution in [-0.2, 0) is 4.74 Å².